The Bertz CT molecular complexity index is 366. The molecule has 0 bridgehead atoms. The molecule has 0 heterocycles. The number of hydrogen-bond donors (Lipinski definition) is 0. The van der Waals surface area contributed by atoms with Gasteiger partial charge in [0.25, 0.3) is 0 Å². The van der Waals surface area contributed by atoms with E-state index in [1.807, 2.05) is 24.3 Å². The average molecular weight is 234 g/mol. The summed E-state index contributed by atoms with van der Waals surface area (Å²) in [4.78, 5) is 11.9. The third-order valence-electron chi connectivity index (χ3n) is 3.17. The maximum atomic E-state index is 11.9. The van der Waals surface area contributed by atoms with Gasteiger partial charge < -0.3 is 9.47 Å². The second-order valence-corrected chi connectivity index (χ2v) is 4.36. The SMILES string of the molecule is COCCOc1ccc(C(=O)C2CCC2)cc1. The summed E-state index contributed by atoms with van der Waals surface area (Å²) < 4.78 is 10.3. The summed E-state index contributed by atoms with van der Waals surface area (Å²) in [5.74, 6) is 1.32. The largest absolute Gasteiger partial charge is 0.491 e. The van der Waals surface area contributed by atoms with Crippen molar-refractivity contribution in [1.29, 1.82) is 0 Å². The van der Waals surface area contributed by atoms with Gasteiger partial charge in [0.15, 0.2) is 5.78 Å². The van der Waals surface area contributed by atoms with Crippen LogP contribution in [-0.4, -0.2) is 26.1 Å². The summed E-state index contributed by atoms with van der Waals surface area (Å²) in [6.45, 7) is 1.11. The molecule has 0 radical (unpaired) electrons. The van der Waals surface area contributed by atoms with E-state index in [2.05, 4.69) is 0 Å². The van der Waals surface area contributed by atoms with Gasteiger partial charge in [0, 0.05) is 18.6 Å². The summed E-state index contributed by atoms with van der Waals surface area (Å²) >= 11 is 0. The Morgan fingerprint density at radius 2 is 1.94 bits per heavy atom. The summed E-state index contributed by atoms with van der Waals surface area (Å²) in [6.07, 6.45) is 3.28. The van der Waals surface area contributed by atoms with E-state index < -0.39 is 0 Å². The number of carbonyl (C=O) groups excluding carboxylic acids is 1. The number of ketones is 1. The van der Waals surface area contributed by atoms with E-state index in [0.29, 0.717) is 13.2 Å². The molecular formula is C14H18O3. The third-order valence-corrected chi connectivity index (χ3v) is 3.17. The Labute approximate surface area is 102 Å². The maximum Gasteiger partial charge on any atom is 0.165 e. The molecule has 2 rings (SSSR count). The van der Waals surface area contributed by atoms with Crippen LogP contribution in [0.4, 0.5) is 0 Å². The quantitative estimate of drug-likeness (QED) is 0.561. The van der Waals surface area contributed by atoms with Gasteiger partial charge in [-0.3, -0.25) is 4.79 Å². The zero-order valence-corrected chi connectivity index (χ0v) is 10.1. The first kappa shape index (κ1) is 12.1. The molecule has 1 fully saturated rings. The first-order valence-corrected chi connectivity index (χ1v) is 6.07. The van der Waals surface area contributed by atoms with Crippen molar-refractivity contribution in [2.45, 2.75) is 19.3 Å². The fourth-order valence-corrected chi connectivity index (χ4v) is 1.86. The molecule has 0 N–H and O–H groups in total. The Hall–Kier alpha value is -1.35. The van der Waals surface area contributed by atoms with Crippen LogP contribution < -0.4 is 4.74 Å². The minimum atomic E-state index is 0.259. The first-order chi connectivity index (χ1) is 8.31. The smallest absolute Gasteiger partial charge is 0.165 e. The lowest BCUT2D eigenvalue weighted by atomic mass is 9.80. The van der Waals surface area contributed by atoms with Crippen LogP contribution in [0.2, 0.25) is 0 Å². The molecule has 0 aromatic heterocycles. The zero-order valence-electron chi connectivity index (χ0n) is 10.1. The van der Waals surface area contributed by atoms with Gasteiger partial charge in [0.2, 0.25) is 0 Å². The summed E-state index contributed by atoms with van der Waals surface area (Å²) in [5, 5.41) is 0. The number of rotatable bonds is 6. The molecule has 0 saturated heterocycles. The highest BCUT2D eigenvalue weighted by Gasteiger charge is 2.25. The number of ether oxygens (including phenoxy) is 2. The summed E-state index contributed by atoms with van der Waals surface area (Å²) in [7, 11) is 1.64. The van der Waals surface area contributed by atoms with E-state index in [9.17, 15) is 4.79 Å². The molecule has 0 spiro atoms. The molecule has 1 aliphatic carbocycles. The van der Waals surface area contributed by atoms with Gasteiger partial charge >= 0.3 is 0 Å². The topological polar surface area (TPSA) is 35.5 Å². The Morgan fingerprint density at radius 3 is 2.47 bits per heavy atom. The van der Waals surface area contributed by atoms with Gasteiger partial charge in [0.05, 0.1) is 6.61 Å². The van der Waals surface area contributed by atoms with Crippen LogP contribution in [0.5, 0.6) is 5.75 Å². The molecule has 1 saturated carbocycles. The lowest BCUT2D eigenvalue weighted by Gasteiger charge is -2.23. The van der Waals surface area contributed by atoms with Crippen molar-refractivity contribution in [3.63, 3.8) is 0 Å². The molecule has 0 atom stereocenters. The fraction of sp³-hybridized carbons (Fsp3) is 0.500. The molecule has 92 valence electrons. The van der Waals surface area contributed by atoms with E-state index in [1.54, 1.807) is 7.11 Å². The standard InChI is InChI=1S/C14H18O3/c1-16-9-10-17-13-7-5-12(6-8-13)14(15)11-3-2-4-11/h5-8,11H,2-4,9-10H2,1H3. The van der Waals surface area contributed by atoms with Crippen LogP contribution in [-0.2, 0) is 4.74 Å². The van der Waals surface area contributed by atoms with Gasteiger partial charge in [0.1, 0.15) is 12.4 Å². The van der Waals surface area contributed by atoms with Crippen LogP contribution in [0.3, 0.4) is 0 Å². The number of methoxy groups -OCH3 is 1. The highest BCUT2D eigenvalue weighted by molar-refractivity contribution is 5.98. The lowest BCUT2D eigenvalue weighted by Crippen LogP contribution is -2.21. The molecule has 1 aromatic rings. The number of Topliss-reactive ketones (excluding diaryl/α,β-unsaturated/α-hetero) is 1. The van der Waals surface area contributed by atoms with E-state index in [4.69, 9.17) is 9.47 Å². The predicted octanol–water partition coefficient (Wildman–Crippen LogP) is 2.69. The van der Waals surface area contributed by atoms with E-state index >= 15 is 0 Å². The molecule has 3 nitrogen and oxygen atoms in total. The van der Waals surface area contributed by atoms with E-state index in [0.717, 1.165) is 24.2 Å². The van der Waals surface area contributed by atoms with Gasteiger partial charge in [-0.1, -0.05) is 6.42 Å². The number of benzene rings is 1. The number of carbonyl (C=O) groups is 1. The molecule has 1 aromatic carbocycles. The summed E-state index contributed by atoms with van der Waals surface area (Å²) in [5.41, 5.74) is 0.800. The van der Waals surface area contributed by atoms with E-state index in [1.165, 1.54) is 6.42 Å². The van der Waals surface area contributed by atoms with Gasteiger partial charge in [-0.2, -0.15) is 0 Å². The molecule has 0 aliphatic heterocycles. The molecule has 17 heavy (non-hydrogen) atoms. The van der Waals surface area contributed by atoms with Crippen molar-refractivity contribution in [1.82, 2.24) is 0 Å². The molecule has 0 unspecified atom stereocenters. The second kappa shape index (κ2) is 5.82. The molecule has 1 aliphatic rings. The van der Waals surface area contributed by atoms with Crippen molar-refractivity contribution in [3.8, 4) is 5.75 Å². The van der Waals surface area contributed by atoms with Crippen LogP contribution in [0, 0.1) is 5.92 Å². The van der Waals surface area contributed by atoms with Crippen LogP contribution >= 0.6 is 0 Å². The first-order valence-electron chi connectivity index (χ1n) is 6.07. The van der Waals surface area contributed by atoms with Crippen molar-refractivity contribution in [2.75, 3.05) is 20.3 Å². The second-order valence-electron chi connectivity index (χ2n) is 4.36. The normalized spacial score (nSPS) is 15.4. The van der Waals surface area contributed by atoms with Gasteiger partial charge in [-0.05, 0) is 37.1 Å². The van der Waals surface area contributed by atoms with Crippen LogP contribution in [0.1, 0.15) is 29.6 Å². The van der Waals surface area contributed by atoms with E-state index in [-0.39, 0.29) is 11.7 Å². The number of hydrogen-bond acceptors (Lipinski definition) is 3. The van der Waals surface area contributed by atoms with Crippen molar-refractivity contribution in [3.05, 3.63) is 29.8 Å². The minimum Gasteiger partial charge on any atom is -0.491 e. The Morgan fingerprint density at radius 1 is 1.24 bits per heavy atom. The van der Waals surface area contributed by atoms with Crippen LogP contribution in [0.15, 0.2) is 24.3 Å². The highest BCUT2D eigenvalue weighted by atomic mass is 16.5. The monoisotopic (exact) mass is 234 g/mol. The predicted molar refractivity (Wildman–Crippen MR) is 65.5 cm³/mol. The lowest BCUT2D eigenvalue weighted by molar-refractivity contribution is 0.0855. The Balaban J connectivity index is 1.90. The van der Waals surface area contributed by atoms with Gasteiger partial charge in [-0.25, -0.2) is 0 Å². The molecule has 3 heteroatoms. The van der Waals surface area contributed by atoms with Crippen LogP contribution in [0.25, 0.3) is 0 Å². The Kier molecular flexibility index (Phi) is 4.15. The zero-order chi connectivity index (χ0) is 12.1. The summed E-state index contributed by atoms with van der Waals surface area (Å²) in [6, 6.07) is 7.40. The third kappa shape index (κ3) is 3.07. The molecular weight excluding hydrogens is 216 g/mol. The highest BCUT2D eigenvalue weighted by Crippen LogP contribution is 2.30. The minimum absolute atomic E-state index is 0.259. The fourth-order valence-electron chi connectivity index (χ4n) is 1.86. The molecule has 0 amide bonds. The van der Waals surface area contributed by atoms with Crippen molar-refractivity contribution in [2.24, 2.45) is 5.92 Å². The van der Waals surface area contributed by atoms with Crippen molar-refractivity contribution >= 4 is 5.78 Å². The maximum absolute atomic E-state index is 11.9. The van der Waals surface area contributed by atoms with Gasteiger partial charge in [-0.15, -0.1) is 0 Å². The average Bonchev–Trinajstić information content (AvgIpc) is 2.28. The van der Waals surface area contributed by atoms with Crippen molar-refractivity contribution < 1.29 is 14.3 Å².